The number of nitrogens with zero attached hydrogens (tertiary/aromatic N) is 4. The zero-order chi connectivity index (χ0) is 26.9. The van der Waals surface area contributed by atoms with Gasteiger partial charge in [-0.05, 0) is 35.4 Å². The number of benzene rings is 2. The predicted molar refractivity (Wildman–Crippen MR) is 150 cm³/mol. The highest BCUT2D eigenvalue weighted by Crippen LogP contribution is 2.35. The summed E-state index contributed by atoms with van der Waals surface area (Å²) in [6, 6.07) is 16.8. The fourth-order valence-electron chi connectivity index (χ4n) is 4.79. The van der Waals surface area contributed by atoms with Gasteiger partial charge in [-0.25, -0.2) is 4.99 Å². The number of hydrogen-bond acceptors (Lipinski definition) is 6. The molecule has 0 spiro atoms. The highest BCUT2D eigenvalue weighted by molar-refractivity contribution is 6.36. The minimum Gasteiger partial charge on any atom is -0.425 e. The third-order valence-electron chi connectivity index (χ3n) is 7.21. The second-order valence-electron chi connectivity index (χ2n) is 10.5. The van der Waals surface area contributed by atoms with Crippen molar-refractivity contribution in [3.63, 3.8) is 0 Å². The second kappa shape index (κ2) is 10.8. The van der Waals surface area contributed by atoms with Gasteiger partial charge in [-0.1, -0.05) is 38.1 Å². The van der Waals surface area contributed by atoms with E-state index in [0.717, 1.165) is 48.8 Å². The van der Waals surface area contributed by atoms with Gasteiger partial charge in [0.25, 0.3) is 0 Å². The smallest absolute Gasteiger partial charge is 0.303 e. The van der Waals surface area contributed by atoms with Crippen molar-refractivity contribution < 1.29 is 14.3 Å². The lowest BCUT2D eigenvalue weighted by atomic mass is 9.84. The number of morpholine rings is 1. The molecule has 1 atom stereocenters. The summed E-state index contributed by atoms with van der Waals surface area (Å²) in [4.78, 5) is 23.2. The zero-order valence-electron chi connectivity index (χ0n) is 22.3. The van der Waals surface area contributed by atoms with Crippen LogP contribution in [0.4, 0.5) is 11.5 Å². The average molecular weight is 536 g/mol. The van der Waals surface area contributed by atoms with Gasteiger partial charge in [-0.3, -0.25) is 9.36 Å². The maximum absolute atomic E-state index is 11.3. The van der Waals surface area contributed by atoms with E-state index >= 15 is 0 Å². The van der Waals surface area contributed by atoms with Crippen LogP contribution in [0.15, 0.2) is 53.5 Å². The summed E-state index contributed by atoms with van der Waals surface area (Å²) < 4.78 is 13.5. The van der Waals surface area contributed by atoms with Crippen LogP contribution in [0.5, 0.6) is 11.8 Å². The topological polar surface area (TPSA) is 81.0 Å². The van der Waals surface area contributed by atoms with Crippen LogP contribution in [0.25, 0.3) is 0 Å². The first kappa shape index (κ1) is 26.3. The molecule has 9 heteroatoms. The van der Waals surface area contributed by atoms with Gasteiger partial charge in [0, 0.05) is 51.1 Å². The predicted octanol–water partition coefficient (Wildman–Crippen LogP) is 4.75. The Morgan fingerprint density at radius 2 is 1.82 bits per heavy atom. The number of amides is 1. The van der Waals surface area contributed by atoms with Gasteiger partial charge in [-0.2, -0.15) is 4.98 Å². The molecule has 0 bridgehead atoms. The minimum atomic E-state index is -0.259. The molecule has 3 aromatic rings. The van der Waals surface area contributed by atoms with Crippen LogP contribution < -0.4 is 15.0 Å². The first-order chi connectivity index (χ1) is 18.2. The molecule has 1 N–H and O–H groups in total. The molecule has 2 aromatic carbocycles. The van der Waals surface area contributed by atoms with Gasteiger partial charge in [0.15, 0.2) is 5.82 Å². The quantitative estimate of drug-likeness (QED) is 0.442. The monoisotopic (exact) mass is 535 g/mol. The zero-order valence-corrected chi connectivity index (χ0v) is 23.1. The van der Waals surface area contributed by atoms with E-state index in [2.05, 4.69) is 48.3 Å². The maximum Gasteiger partial charge on any atom is 0.303 e. The highest BCUT2D eigenvalue weighted by Gasteiger charge is 2.28. The third kappa shape index (κ3) is 5.56. The number of nitrogens with one attached hydrogen (secondary N) is 1. The van der Waals surface area contributed by atoms with Crippen molar-refractivity contribution in [3.8, 4) is 11.8 Å². The first-order valence-electron chi connectivity index (χ1n) is 13.0. The van der Waals surface area contributed by atoms with Gasteiger partial charge >= 0.3 is 6.01 Å². The van der Waals surface area contributed by atoms with Crippen molar-refractivity contribution in [2.75, 3.05) is 37.7 Å². The van der Waals surface area contributed by atoms with Crippen molar-refractivity contribution in [2.45, 2.75) is 38.0 Å². The first-order valence-corrected chi connectivity index (χ1v) is 13.4. The number of alkyl halides is 1. The van der Waals surface area contributed by atoms with Crippen LogP contribution >= 0.6 is 11.6 Å². The Morgan fingerprint density at radius 3 is 2.47 bits per heavy atom. The number of carbonyl (C=O) groups excluding carboxylic acids is 1. The van der Waals surface area contributed by atoms with E-state index < -0.39 is 0 Å². The Labute approximate surface area is 228 Å². The molecule has 2 aliphatic rings. The van der Waals surface area contributed by atoms with Crippen molar-refractivity contribution in [3.05, 3.63) is 65.4 Å². The molecule has 38 heavy (non-hydrogen) atoms. The summed E-state index contributed by atoms with van der Waals surface area (Å²) in [6.07, 6.45) is 0.615. The van der Waals surface area contributed by atoms with Gasteiger partial charge < -0.3 is 19.7 Å². The molecule has 8 nitrogen and oxygen atoms in total. The Bertz CT molecular complexity index is 1330. The molecule has 1 unspecified atom stereocenters. The molecule has 0 radical (unpaired) electrons. The van der Waals surface area contributed by atoms with Crippen LogP contribution in [0.3, 0.4) is 0 Å². The number of aliphatic imine (C=N–C) groups is 1. The van der Waals surface area contributed by atoms with Gasteiger partial charge in [-0.15, -0.1) is 11.6 Å². The Morgan fingerprint density at radius 1 is 1.13 bits per heavy atom. The number of ether oxygens (including phenoxy) is 2. The molecule has 1 aromatic heterocycles. The maximum atomic E-state index is 11.3. The molecule has 1 fully saturated rings. The molecule has 2 aliphatic heterocycles. The normalized spacial score (nSPS) is 17.6. The lowest BCUT2D eigenvalue weighted by Gasteiger charge is -2.29. The largest absolute Gasteiger partial charge is 0.425 e. The summed E-state index contributed by atoms with van der Waals surface area (Å²) in [6.45, 7) is 9.59. The molecule has 0 aliphatic carbocycles. The highest BCUT2D eigenvalue weighted by atomic mass is 35.5. The number of carbonyl (C=O) groups is 1. The van der Waals surface area contributed by atoms with Crippen LogP contribution in [0.1, 0.15) is 37.6 Å². The minimum absolute atomic E-state index is 0.0354. The average Bonchev–Trinajstić information content (AvgIpc) is 3.22. The lowest BCUT2D eigenvalue weighted by molar-refractivity contribution is -0.119. The fourth-order valence-corrected chi connectivity index (χ4v) is 5.11. The van der Waals surface area contributed by atoms with E-state index in [9.17, 15) is 4.79 Å². The van der Waals surface area contributed by atoms with Gasteiger partial charge in [0.2, 0.25) is 5.91 Å². The number of imidazole rings is 1. The number of fused-ring (bicyclic) bond motifs is 1. The van der Waals surface area contributed by atoms with Crippen molar-refractivity contribution >= 4 is 34.7 Å². The molecule has 1 amide bonds. The number of rotatable bonds is 7. The molecule has 5 rings (SSSR count). The Kier molecular flexibility index (Phi) is 7.45. The van der Waals surface area contributed by atoms with Gasteiger partial charge in [0.1, 0.15) is 5.75 Å². The van der Waals surface area contributed by atoms with E-state index in [4.69, 9.17) is 31.1 Å². The molecule has 0 saturated carbocycles. The van der Waals surface area contributed by atoms with Crippen LogP contribution in [-0.4, -0.2) is 59.4 Å². The van der Waals surface area contributed by atoms with Crippen molar-refractivity contribution in [1.29, 1.82) is 0 Å². The Hall–Kier alpha value is -3.36. The number of aromatic nitrogens is 2. The van der Waals surface area contributed by atoms with E-state index in [-0.39, 0.29) is 16.7 Å². The van der Waals surface area contributed by atoms with Crippen LogP contribution in [-0.2, 0) is 28.4 Å². The number of halogens is 1. The number of anilines is 1. The van der Waals surface area contributed by atoms with E-state index in [0.29, 0.717) is 30.5 Å². The van der Waals surface area contributed by atoms with E-state index in [1.165, 1.54) is 12.6 Å². The molecule has 3 heterocycles. The number of hydrogen-bond donors (Lipinski definition) is 1. The Balaban J connectivity index is 1.32. The SMILES string of the molecule is CC(=O)NCC(C)(C)c1ccc(Oc2nc3c(n2C)CC(Cl)C(c2ccc(N4CCOCC4)cc2)=N3)cc1. The van der Waals surface area contributed by atoms with Crippen LogP contribution in [0.2, 0.25) is 0 Å². The summed E-state index contributed by atoms with van der Waals surface area (Å²) in [5.41, 5.74) is 4.85. The van der Waals surface area contributed by atoms with Crippen molar-refractivity contribution in [1.82, 2.24) is 14.9 Å². The summed E-state index contributed by atoms with van der Waals surface area (Å²) in [7, 11) is 1.92. The molecular weight excluding hydrogens is 502 g/mol. The van der Waals surface area contributed by atoms with E-state index in [1.807, 2.05) is 35.9 Å². The molecule has 200 valence electrons. The lowest BCUT2D eigenvalue weighted by Crippen LogP contribution is -2.36. The fraction of sp³-hybridized carbons (Fsp3) is 0.414. The summed E-state index contributed by atoms with van der Waals surface area (Å²) in [5.74, 6) is 1.28. The van der Waals surface area contributed by atoms with Crippen LogP contribution in [0, 0.1) is 0 Å². The second-order valence-corrected chi connectivity index (χ2v) is 11.0. The van der Waals surface area contributed by atoms with E-state index in [1.54, 1.807) is 0 Å². The standard InChI is InChI=1S/C29H34ClN5O3/c1-19(36)31-18-29(2,3)21-7-11-23(12-8-21)38-28-33-27-25(34(28)4)17-24(30)26(32-27)20-5-9-22(10-6-20)35-13-15-37-16-14-35/h5-12,24H,13-18H2,1-4H3,(H,31,36). The van der Waals surface area contributed by atoms with Crippen molar-refractivity contribution in [2.24, 2.45) is 12.0 Å². The summed E-state index contributed by atoms with van der Waals surface area (Å²) >= 11 is 6.81. The molecule has 1 saturated heterocycles. The third-order valence-corrected chi connectivity index (χ3v) is 7.57. The molecular formula is C29H34ClN5O3. The summed E-state index contributed by atoms with van der Waals surface area (Å²) in [5, 5.41) is 2.64. The van der Waals surface area contributed by atoms with Gasteiger partial charge in [0.05, 0.1) is 30.0 Å².